The smallest absolute Gasteiger partial charge is 0.287 e. The van der Waals surface area contributed by atoms with Gasteiger partial charge in [-0.2, -0.15) is 0 Å². The summed E-state index contributed by atoms with van der Waals surface area (Å²) in [7, 11) is 1.45. The maximum absolute atomic E-state index is 12.0. The minimum absolute atomic E-state index is 0.133. The van der Waals surface area contributed by atoms with Crippen molar-refractivity contribution in [1.82, 2.24) is 5.32 Å². The van der Waals surface area contributed by atoms with Crippen molar-refractivity contribution in [1.29, 1.82) is 0 Å². The van der Waals surface area contributed by atoms with Crippen molar-refractivity contribution in [3.05, 3.63) is 43.2 Å². The van der Waals surface area contributed by atoms with Gasteiger partial charge in [-0.3, -0.25) is 4.79 Å². The van der Waals surface area contributed by atoms with Crippen molar-refractivity contribution in [2.45, 2.75) is 31.4 Å². The summed E-state index contributed by atoms with van der Waals surface area (Å²) >= 11 is 0. The Bertz CT molecular complexity index is 468. The molecule has 0 spiro atoms. The first-order valence-corrected chi connectivity index (χ1v) is 6.35. The highest BCUT2D eigenvalue weighted by molar-refractivity contribution is 5.91. The lowest BCUT2D eigenvalue weighted by atomic mass is 9.88. The monoisotopic (exact) mass is 279 g/mol. The molecule has 0 aromatic carbocycles. The molecule has 0 bridgehead atoms. The third-order valence-electron chi connectivity index (χ3n) is 3.16. The second-order valence-corrected chi connectivity index (χ2v) is 4.61. The van der Waals surface area contributed by atoms with Crippen LogP contribution in [0.15, 0.2) is 41.9 Å². The molecule has 5 heteroatoms. The zero-order chi connectivity index (χ0) is 15.2. The lowest BCUT2D eigenvalue weighted by Gasteiger charge is -2.32. The van der Waals surface area contributed by atoms with Crippen molar-refractivity contribution in [2.75, 3.05) is 7.11 Å². The summed E-state index contributed by atoms with van der Waals surface area (Å²) in [6, 6.07) is 2.59. The normalized spacial score (nSPS) is 12.6. The van der Waals surface area contributed by atoms with E-state index in [4.69, 9.17) is 9.15 Å². The molecular formula is C15H21NO4. The number of amides is 1. The van der Waals surface area contributed by atoms with E-state index in [-0.39, 0.29) is 11.7 Å². The van der Waals surface area contributed by atoms with Crippen LogP contribution in [0.5, 0.6) is 5.95 Å². The van der Waals surface area contributed by atoms with Crippen molar-refractivity contribution in [2.24, 2.45) is 0 Å². The van der Waals surface area contributed by atoms with Crippen molar-refractivity contribution >= 4 is 5.91 Å². The van der Waals surface area contributed by atoms with Gasteiger partial charge in [-0.25, -0.2) is 0 Å². The van der Waals surface area contributed by atoms with Crippen LogP contribution < -0.4 is 10.1 Å². The Labute approximate surface area is 118 Å². The van der Waals surface area contributed by atoms with E-state index in [1.165, 1.54) is 13.2 Å². The van der Waals surface area contributed by atoms with Crippen LogP contribution in [0.3, 0.4) is 0 Å². The minimum Gasteiger partial charge on any atom is -0.468 e. The topological polar surface area (TPSA) is 71.7 Å². The lowest BCUT2D eigenvalue weighted by Crippen LogP contribution is -2.50. The van der Waals surface area contributed by atoms with Crippen molar-refractivity contribution in [3.8, 4) is 5.95 Å². The Kier molecular flexibility index (Phi) is 5.58. The van der Waals surface area contributed by atoms with Gasteiger partial charge >= 0.3 is 0 Å². The molecule has 0 aliphatic heterocycles. The van der Waals surface area contributed by atoms with Crippen molar-refractivity contribution < 1.29 is 19.1 Å². The van der Waals surface area contributed by atoms with Crippen LogP contribution in [0.4, 0.5) is 0 Å². The first-order valence-electron chi connectivity index (χ1n) is 6.35. The van der Waals surface area contributed by atoms with Gasteiger partial charge in [-0.1, -0.05) is 12.2 Å². The summed E-state index contributed by atoms with van der Waals surface area (Å²) in [4.78, 5) is 12.0. The molecule has 5 nitrogen and oxygen atoms in total. The third kappa shape index (κ3) is 3.74. The van der Waals surface area contributed by atoms with Gasteiger partial charge in [0.15, 0.2) is 5.76 Å². The van der Waals surface area contributed by atoms with E-state index in [9.17, 15) is 9.90 Å². The highest BCUT2D eigenvalue weighted by Gasteiger charge is 2.33. The van der Waals surface area contributed by atoms with E-state index in [1.54, 1.807) is 25.1 Å². The number of nitrogens with one attached hydrogen (secondary N) is 1. The summed E-state index contributed by atoms with van der Waals surface area (Å²) < 4.78 is 10.0. The van der Waals surface area contributed by atoms with Gasteiger partial charge in [-0.15, -0.1) is 13.2 Å². The van der Waals surface area contributed by atoms with E-state index in [0.29, 0.717) is 12.8 Å². The highest BCUT2D eigenvalue weighted by atomic mass is 16.6. The number of aliphatic hydroxyl groups is 1. The Morgan fingerprint density at radius 1 is 1.50 bits per heavy atom. The first kappa shape index (κ1) is 16.0. The van der Waals surface area contributed by atoms with E-state index in [1.807, 2.05) is 0 Å². The molecule has 0 radical (unpaired) electrons. The Hall–Kier alpha value is -2.01. The molecule has 0 aliphatic rings. The van der Waals surface area contributed by atoms with Crippen LogP contribution in [-0.4, -0.2) is 29.8 Å². The number of carbonyl (C=O) groups excluding carboxylic acids is 1. The van der Waals surface area contributed by atoms with Gasteiger partial charge in [0.1, 0.15) is 0 Å². The molecule has 110 valence electrons. The Morgan fingerprint density at radius 3 is 2.55 bits per heavy atom. The average Bonchev–Trinajstić information content (AvgIpc) is 2.88. The molecule has 1 atom stereocenters. The van der Waals surface area contributed by atoms with Crippen LogP contribution in [0.25, 0.3) is 0 Å². The number of methoxy groups -OCH3 is 1. The van der Waals surface area contributed by atoms with Crippen molar-refractivity contribution in [3.63, 3.8) is 0 Å². The predicted octanol–water partition coefficient (Wildman–Crippen LogP) is 2.29. The zero-order valence-corrected chi connectivity index (χ0v) is 11.9. The molecule has 0 aliphatic carbocycles. The summed E-state index contributed by atoms with van der Waals surface area (Å²) in [6.45, 7) is 8.97. The largest absolute Gasteiger partial charge is 0.468 e. The van der Waals surface area contributed by atoms with E-state index < -0.39 is 17.6 Å². The summed E-state index contributed by atoms with van der Waals surface area (Å²) in [6.07, 6.45) is 3.92. The van der Waals surface area contributed by atoms with Gasteiger partial charge in [0, 0.05) is 6.07 Å². The molecule has 2 N–H and O–H groups in total. The maximum atomic E-state index is 12.0. The number of ether oxygens (including phenoxy) is 1. The minimum atomic E-state index is -1.12. The van der Waals surface area contributed by atoms with Crippen LogP contribution in [0.1, 0.15) is 30.3 Å². The van der Waals surface area contributed by atoms with Gasteiger partial charge < -0.3 is 19.6 Å². The van der Waals surface area contributed by atoms with Crippen LogP contribution >= 0.6 is 0 Å². The molecule has 0 saturated carbocycles. The predicted molar refractivity (Wildman–Crippen MR) is 76.8 cm³/mol. The van der Waals surface area contributed by atoms with E-state index >= 15 is 0 Å². The number of hydrogen-bond acceptors (Lipinski definition) is 4. The van der Waals surface area contributed by atoms with E-state index in [0.717, 1.165) is 0 Å². The third-order valence-corrected chi connectivity index (χ3v) is 3.16. The fourth-order valence-corrected chi connectivity index (χ4v) is 1.89. The Morgan fingerprint density at radius 2 is 2.10 bits per heavy atom. The Balaban J connectivity index is 2.76. The van der Waals surface area contributed by atoms with E-state index in [2.05, 4.69) is 18.5 Å². The maximum Gasteiger partial charge on any atom is 0.287 e. The number of furan rings is 1. The fourth-order valence-electron chi connectivity index (χ4n) is 1.89. The van der Waals surface area contributed by atoms with Crippen LogP contribution in [-0.2, 0) is 0 Å². The molecule has 0 fully saturated rings. The molecule has 1 rings (SSSR count). The standard InChI is InChI=1S/C15H21NO4/c1-5-9-15(18,10-6-2)11(3)16-14(17)12-7-8-13(19-4)20-12/h5-8,11,18H,1-2,9-10H2,3-4H3,(H,16,17). The second-order valence-electron chi connectivity index (χ2n) is 4.61. The summed E-state index contributed by atoms with van der Waals surface area (Å²) in [5, 5.41) is 13.2. The van der Waals surface area contributed by atoms with Gasteiger partial charge in [0.25, 0.3) is 11.9 Å². The fraction of sp³-hybridized carbons (Fsp3) is 0.400. The zero-order valence-electron chi connectivity index (χ0n) is 11.9. The molecule has 1 amide bonds. The molecule has 1 unspecified atom stereocenters. The van der Waals surface area contributed by atoms with Crippen LogP contribution in [0, 0.1) is 0 Å². The van der Waals surface area contributed by atoms with Gasteiger partial charge in [-0.05, 0) is 25.8 Å². The van der Waals surface area contributed by atoms with Gasteiger partial charge in [0.05, 0.1) is 18.8 Å². The average molecular weight is 279 g/mol. The number of carbonyl (C=O) groups is 1. The second kappa shape index (κ2) is 6.96. The SMILES string of the molecule is C=CCC(O)(CC=C)C(C)NC(=O)c1ccc(OC)o1. The number of hydrogen-bond donors (Lipinski definition) is 2. The molecule has 1 aromatic rings. The van der Waals surface area contributed by atoms with Crippen LogP contribution in [0.2, 0.25) is 0 Å². The quantitative estimate of drug-likeness (QED) is 0.716. The molecule has 1 aromatic heterocycles. The summed E-state index contributed by atoms with van der Waals surface area (Å²) in [5.41, 5.74) is -1.12. The molecule has 20 heavy (non-hydrogen) atoms. The number of rotatable bonds is 8. The first-order chi connectivity index (χ1) is 9.46. The molecule has 0 saturated heterocycles. The van der Waals surface area contributed by atoms with Gasteiger partial charge in [0.2, 0.25) is 0 Å². The molecule has 1 heterocycles. The molecular weight excluding hydrogens is 258 g/mol. The lowest BCUT2D eigenvalue weighted by molar-refractivity contribution is 0.0123. The highest BCUT2D eigenvalue weighted by Crippen LogP contribution is 2.22. The summed E-state index contributed by atoms with van der Waals surface area (Å²) in [5.74, 6) is -0.0177.